The summed E-state index contributed by atoms with van der Waals surface area (Å²) in [6.07, 6.45) is -5.08. The molecule has 50 heavy (non-hydrogen) atoms. The number of rotatable bonds is 6. The van der Waals surface area contributed by atoms with Gasteiger partial charge in [0, 0.05) is 47.6 Å². The Hall–Kier alpha value is -5.26. The van der Waals surface area contributed by atoms with Gasteiger partial charge in [-0.3, -0.25) is 14.4 Å². The van der Waals surface area contributed by atoms with Crippen molar-refractivity contribution in [3.05, 3.63) is 69.3 Å². The van der Waals surface area contributed by atoms with Gasteiger partial charge in [0.15, 0.2) is 29.3 Å². The molecule has 0 saturated carbocycles. The Morgan fingerprint density at radius 3 is 2.32 bits per heavy atom. The quantitative estimate of drug-likeness (QED) is 0.0597. The first-order chi connectivity index (χ1) is 23.6. The van der Waals surface area contributed by atoms with Crippen molar-refractivity contribution < 1.29 is 64.3 Å². The molecular formula is C34H35N3O13. The van der Waals surface area contributed by atoms with Gasteiger partial charge in [-0.2, -0.15) is 5.10 Å². The highest BCUT2D eigenvalue weighted by atomic mass is 16.7. The molecule has 6 atom stereocenters. The van der Waals surface area contributed by atoms with E-state index in [4.69, 9.17) is 19.9 Å². The number of phenolic OH excluding ortho intramolecular Hbond substituents is 5. The highest BCUT2D eigenvalue weighted by Gasteiger charge is 2.49. The minimum absolute atomic E-state index is 0.00903. The third-order valence-electron chi connectivity index (χ3n) is 9.47. The molecular weight excluding hydrogens is 658 g/mol. The van der Waals surface area contributed by atoms with Crippen LogP contribution in [0.1, 0.15) is 86.1 Å². The number of nitrogens with two attached hydrogens (primary N) is 1. The van der Waals surface area contributed by atoms with Gasteiger partial charge in [0.25, 0.3) is 5.91 Å². The zero-order valence-corrected chi connectivity index (χ0v) is 27.0. The van der Waals surface area contributed by atoms with Crippen LogP contribution >= 0.6 is 0 Å². The SMILES string of the molecule is COc1cccc2c1C(=O)c1c(O)c3c(c(O)c1C2=O)CC(O)(C(C)=NNC(=O)c1cc(O)c(O)c(O)c1)CC3OC1CC(N)C(O)C(C)O1. The van der Waals surface area contributed by atoms with Crippen molar-refractivity contribution in [3.8, 4) is 34.5 Å². The van der Waals surface area contributed by atoms with Gasteiger partial charge in [-0.05, 0) is 32.0 Å². The molecule has 6 rings (SSSR count). The summed E-state index contributed by atoms with van der Waals surface area (Å²) in [5.74, 6) is -6.15. The topological polar surface area (TPSA) is 271 Å². The Kier molecular flexibility index (Phi) is 8.69. The van der Waals surface area contributed by atoms with E-state index < -0.39 is 100 Å². The molecule has 264 valence electrons. The van der Waals surface area contributed by atoms with Crippen molar-refractivity contribution in [2.75, 3.05) is 7.11 Å². The highest BCUT2D eigenvalue weighted by molar-refractivity contribution is 6.31. The van der Waals surface area contributed by atoms with Gasteiger partial charge in [-0.25, -0.2) is 5.43 Å². The van der Waals surface area contributed by atoms with Gasteiger partial charge in [0.2, 0.25) is 5.78 Å². The fourth-order valence-electron chi connectivity index (χ4n) is 6.70. The molecule has 10 N–H and O–H groups in total. The number of amides is 1. The van der Waals surface area contributed by atoms with Gasteiger partial charge >= 0.3 is 0 Å². The van der Waals surface area contributed by atoms with E-state index in [-0.39, 0.29) is 52.1 Å². The predicted octanol–water partition coefficient (Wildman–Crippen LogP) is 1.36. The Balaban J connectivity index is 1.44. The number of hydrazone groups is 1. The first-order valence-corrected chi connectivity index (χ1v) is 15.5. The number of phenols is 5. The lowest BCUT2D eigenvalue weighted by Gasteiger charge is -2.42. The average molecular weight is 694 g/mol. The lowest BCUT2D eigenvalue weighted by Crippen LogP contribution is -2.52. The maximum absolute atomic E-state index is 13.9. The van der Waals surface area contributed by atoms with E-state index in [9.17, 15) is 50.1 Å². The zero-order valence-electron chi connectivity index (χ0n) is 27.0. The van der Waals surface area contributed by atoms with Crippen LogP contribution in [-0.4, -0.2) is 96.2 Å². The molecule has 0 bridgehead atoms. The maximum atomic E-state index is 13.9. The molecule has 16 heteroatoms. The third kappa shape index (κ3) is 5.56. The summed E-state index contributed by atoms with van der Waals surface area (Å²) >= 11 is 0. The zero-order chi connectivity index (χ0) is 36.4. The number of nitrogens with zero attached hydrogens (tertiary/aromatic N) is 1. The second-order valence-electron chi connectivity index (χ2n) is 12.6. The molecule has 1 aliphatic heterocycles. The van der Waals surface area contributed by atoms with Gasteiger partial charge in [0.05, 0.1) is 47.8 Å². The molecule has 3 aliphatic rings. The summed E-state index contributed by atoms with van der Waals surface area (Å²) in [5, 5.41) is 79.0. The van der Waals surface area contributed by atoms with Crippen LogP contribution in [0.4, 0.5) is 0 Å². The molecule has 0 radical (unpaired) electrons. The summed E-state index contributed by atoms with van der Waals surface area (Å²) in [4.78, 5) is 40.5. The Bertz CT molecular complexity index is 1940. The second kappa shape index (κ2) is 12.6. The van der Waals surface area contributed by atoms with Crippen molar-refractivity contribution in [3.63, 3.8) is 0 Å². The number of carbonyl (C=O) groups excluding carboxylic acids is 3. The first-order valence-electron chi connectivity index (χ1n) is 15.5. The van der Waals surface area contributed by atoms with Crippen LogP contribution in [0.3, 0.4) is 0 Å². The number of ether oxygens (including phenoxy) is 3. The summed E-state index contributed by atoms with van der Waals surface area (Å²) in [5.41, 5.74) is 4.46. The molecule has 2 aliphatic carbocycles. The van der Waals surface area contributed by atoms with Crippen molar-refractivity contribution in [2.45, 2.75) is 69.4 Å². The van der Waals surface area contributed by atoms with Crippen LogP contribution < -0.4 is 15.9 Å². The van der Waals surface area contributed by atoms with Gasteiger partial charge in [0.1, 0.15) is 22.8 Å². The van der Waals surface area contributed by atoms with E-state index in [1.807, 2.05) is 0 Å². The maximum Gasteiger partial charge on any atom is 0.271 e. The van der Waals surface area contributed by atoms with E-state index >= 15 is 0 Å². The summed E-state index contributed by atoms with van der Waals surface area (Å²) in [7, 11) is 1.31. The standard InChI is InChI=1S/C34H35N3O13/c1-12-27(40)17(35)9-22(49-12)50-21-11-34(47,13(2)36-37-33(46)14-7-18(38)30(43)19(39)8-14)10-16-24(21)32(45)26-25(29(16)42)28(41)15-5-4-6-20(48-3)23(15)31(26)44/h4-8,12,17,21-22,27,38-40,42-43,45,47H,9-11,35H2,1-3H3,(H,37,46). The van der Waals surface area contributed by atoms with E-state index in [2.05, 4.69) is 10.5 Å². The van der Waals surface area contributed by atoms with Crippen LogP contribution in [0.15, 0.2) is 35.4 Å². The fraction of sp³-hybridized carbons (Fsp3) is 0.353. The molecule has 1 amide bonds. The fourth-order valence-corrected chi connectivity index (χ4v) is 6.70. The van der Waals surface area contributed by atoms with Crippen molar-refractivity contribution >= 4 is 23.2 Å². The Morgan fingerprint density at radius 1 is 1.02 bits per heavy atom. The Morgan fingerprint density at radius 2 is 1.68 bits per heavy atom. The molecule has 1 heterocycles. The van der Waals surface area contributed by atoms with E-state index in [0.29, 0.717) is 0 Å². The molecule has 0 spiro atoms. The number of nitrogens with one attached hydrogen (secondary N) is 1. The van der Waals surface area contributed by atoms with E-state index in [1.54, 1.807) is 6.92 Å². The molecule has 3 aromatic rings. The van der Waals surface area contributed by atoms with Gasteiger partial charge in [-0.15, -0.1) is 0 Å². The number of aromatic hydroxyl groups is 5. The molecule has 0 aromatic heterocycles. The van der Waals surface area contributed by atoms with Crippen LogP contribution in [0.5, 0.6) is 34.5 Å². The van der Waals surface area contributed by atoms with E-state index in [1.165, 1.54) is 32.2 Å². The largest absolute Gasteiger partial charge is 0.507 e. The summed E-state index contributed by atoms with van der Waals surface area (Å²) in [6.45, 7) is 2.93. The molecule has 16 nitrogen and oxygen atoms in total. The number of aliphatic hydroxyl groups excluding tert-OH is 1. The van der Waals surface area contributed by atoms with Crippen LogP contribution in [-0.2, 0) is 15.9 Å². The smallest absolute Gasteiger partial charge is 0.271 e. The highest BCUT2D eigenvalue weighted by Crippen LogP contribution is 2.52. The minimum Gasteiger partial charge on any atom is -0.507 e. The van der Waals surface area contributed by atoms with Crippen LogP contribution in [0.2, 0.25) is 0 Å². The number of ketones is 2. The number of fused-ring (bicyclic) bond motifs is 3. The predicted molar refractivity (Wildman–Crippen MR) is 172 cm³/mol. The molecule has 6 unspecified atom stereocenters. The first kappa shape index (κ1) is 34.6. The van der Waals surface area contributed by atoms with Crippen molar-refractivity contribution in [1.82, 2.24) is 5.43 Å². The molecule has 3 aromatic carbocycles. The summed E-state index contributed by atoms with van der Waals surface area (Å²) in [6, 6.07) is 5.35. The normalized spacial score (nSPS) is 26.1. The minimum atomic E-state index is -2.03. The van der Waals surface area contributed by atoms with E-state index in [0.717, 1.165) is 12.1 Å². The number of methoxy groups -OCH3 is 1. The third-order valence-corrected chi connectivity index (χ3v) is 9.47. The second-order valence-corrected chi connectivity index (χ2v) is 12.6. The number of aliphatic hydroxyl groups is 2. The van der Waals surface area contributed by atoms with Crippen molar-refractivity contribution in [1.29, 1.82) is 0 Å². The number of hydrogen-bond acceptors (Lipinski definition) is 15. The molecule has 1 saturated heterocycles. The van der Waals surface area contributed by atoms with Gasteiger partial charge < -0.3 is 55.7 Å². The molecule has 1 fully saturated rings. The lowest BCUT2D eigenvalue weighted by atomic mass is 9.71. The van der Waals surface area contributed by atoms with Gasteiger partial charge in [-0.1, -0.05) is 12.1 Å². The monoisotopic (exact) mass is 693 g/mol. The number of benzene rings is 3. The van der Waals surface area contributed by atoms with Crippen LogP contribution in [0, 0.1) is 0 Å². The average Bonchev–Trinajstić information content (AvgIpc) is 3.07. The Labute approximate surface area is 284 Å². The number of carbonyl (C=O) groups is 3. The van der Waals surface area contributed by atoms with Crippen molar-refractivity contribution in [2.24, 2.45) is 10.8 Å². The summed E-state index contributed by atoms with van der Waals surface area (Å²) < 4.78 is 17.4. The lowest BCUT2D eigenvalue weighted by molar-refractivity contribution is -0.245. The van der Waals surface area contributed by atoms with Crippen LogP contribution in [0.25, 0.3) is 0 Å². The number of hydrogen-bond donors (Lipinski definition) is 9.